The van der Waals surface area contributed by atoms with Gasteiger partial charge >= 0.3 is 13.7 Å². The van der Waals surface area contributed by atoms with Gasteiger partial charge in [0, 0.05) is 0 Å². The quantitative estimate of drug-likeness (QED) is 0.223. The molecule has 5 N–H and O–H groups in total. The number of halogens is 1. The molecule has 4 rings (SSSR count). The highest BCUT2D eigenvalue weighted by Gasteiger charge is 2.47. The van der Waals surface area contributed by atoms with E-state index >= 15 is 4.39 Å². The van der Waals surface area contributed by atoms with Crippen molar-refractivity contribution in [1.29, 1.82) is 0 Å². The number of methoxy groups -OCH3 is 1. The van der Waals surface area contributed by atoms with Crippen LogP contribution < -0.4 is 20.9 Å². The minimum Gasteiger partial charge on any atom is -0.468 e. The Labute approximate surface area is 203 Å². The number of aromatic nitrogens is 4. The third-order valence-corrected chi connectivity index (χ3v) is 6.95. The van der Waals surface area contributed by atoms with Gasteiger partial charge in [0.25, 0.3) is 5.56 Å². The number of aliphatic hydroxyl groups is 1. The molecule has 194 valence electrons. The third kappa shape index (κ3) is 5.24. The summed E-state index contributed by atoms with van der Waals surface area (Å²) >= 11 is 0. The number of aliphatic hydroxyl groups excluding tert-OH is 1. The Morgan fingerprint density at radius 3 is 2.83 bits per heavy atom. The van der Waals surface area contributed by atoms with Crippen LogP contribution in [0.1, 0.15) is 18.7 Å². The highest BCUT2D eigenvalue weighted by molar-refractivity contribution is 7.52. The Bertz CT molecular complexity index is 1340. The molecule has 3 aromatic rings. The van der Waals surface area contributed by atoms with Gasteiger partial charge in [-0.3, -0.25) is 19.1 Å². The van der Waals surface area contributed by atoms with Gasteiger partial charge in [-0.25, -0.2) is 18.5 Å². The van der Waals surface area contributed by atoms with Gasteiger partial charge in [-0.15, -0.1) is 5.10 Å². The zero-order chi connectivity index (χ0) is 26.0. The van der Waals surface area contributed by atoms with Crippen LogP contribution in [-0.2, 0) is 23.4 Å². The molecule has 1 saturated heterocycles. The number of carbonyl (C=O) groups is 1. The van der Waals surface area contributed by atoms with E-state index < -0.39 is 56.4 Å². The van der Waals surface area contributed by atoms with Crippen LogP contribution in [0.15, 0.2) is 41.3 Å². The molecule has 0 radical (unpaired) electrons. The minimum atomic E-state index is -4.25. The summed E-state index contributed by atoms with van der Waals surface area (Å²) in [5.74, 6) is -0.796. The van der Waals surface area contributed by atoms with Crippen molar-refractivity contribution in [3.8, 4) is 5.75 Å². The van der Waals surface area contributed by atoms with Crippen molar-refractivity contribution in [2.75, 3.05) is 19.5 Å². The van der Waals surface area contributed by atoms with Crippen molar-refractivity contribution < 1.29 is 37.4 Å². The molecule has 0 aliphatic carbocycles. The molecule has 16 heteroatoms. The molecule has 2 aromatic heterocycles. The van der Waals surface area contributed by atoms with Gasteiger partial charge < -0.3 is 24.8 Å². The van der Waals surface area contributed by atoms with Crippen molar-refractivity contribution in [1.82, 2.24) is 24.7 Å². The van der Waals surface area contributed by atoms with Gasteiger partial charge in [-0.1, -0.05) is 18.2 Å². The lowest BCUT2D eigenvalue weighted by atomic mass is 10.1. The fourth-order valence-corrected chi connectivity index (χ4v) is 5.07. The number of hydrogen-bond donors (Lipinski definition) is 4. The van der Waals surface area contributed by atoms with Crippen LogP contribution in [-0.4, -0.2) is 68.8 Å². The summed E-state index contributed by atoms with van der Waals surface area (Å²) in [6, 6.07) is 6.92. The molecule has 0 spiro atoms. The summed E-state index contributed by atoms with van der Waals surface area (Å²) in [6.45, 7) is 0.797. The monoisotopic (exact) mass is 526 g/mol. The van der Waals surface area contributed by atoms with Crippen LogP contribution in [0.3, 0.4) is 0 Å². The van der Waals surface area contributed by atoms with E-state index in [1.807, 2.05) is 0 Å². The molecule has 1 unspecified atom stereocenters. The van der Waals surface area contributed by atoms with Crippen LogP contribution in [0.4, 0.5) is 10.3 Å². The van der Waals surface area contributed by atoms with Crippen LogP contribution >= 0.6 is 7.75 Å². The Morgan fingerprint density at radius 2 is 2.14 bits per heavy atom. The van der Waals surface area contributed by atoms with Crippen molar-refractivity contribution in [3.63, 3.8) is 0 Å². The number of carbonyl (C=O) groups excluding carboxylic acids is 1. The molecule has 1 aliphatic rings. The molecule has 0 bridgehead atoms. The molecule has 14 nitrogen and oxygen atoms in total. The molecular formula is C20H24FN6O8P. The summed E-state index contributed by atoms with van der Waals surface area (Å²) in [5.41, 5.74) is 4.80. The van der Waals surface area contributed by atoms with Crippen molar-refractivity contribution >= 4 is 25.3 Å². The van der Waals surface area contributed by atoms with Crippen LogP contribution in [0, 0.1) is 0 Å². The molecular weight excluding hydrogens is 502 g/mol. The number of esters is 1. The number of anilines is 1. The van der Waals surface area contributed by atoms with Crippen LogP contribution in [0.2, 0.25) is 0 Å². The predicted molar refractivity (Wildman–Crippen MR) is 122 cm³/mol. The van der Waals surface area contributed by atoms with Crippen LogP contribution in [0.5, 0.6) is 5.75 Å². The molecule has 36 heavy (non-hydrogen) atoms. The largest absolute Gasteiger partial charge is 0.468 e. The highest BCUT2D eigenvalue weighted by Crippen LogP contribution is 2.46. The van der Waals surface area contributed by atoms with Gasteiger partial charge in [-0.05, 0) is 19.1 Å². The number of nitrogen functional groups attached to an aromatic ring is 1. The van der Waals surface area contributed by atoms with Gasteiger partial charge in [0.2, 0.25) is 11.6 Å². The average molecular weight is 526 g/mol. The number of aromatic amines is 1. The van der Waals surface area contributed by atoms with E-state index in [0.29, 0.717) is 0 Å². The SMILES string of the molecule is COC(=O)[C@H](C)NP(=O)(OC[C@H]1O[C@@H](c2cnc3c(=O)[nH]c(N)nn23)[C@H](F)[C@@H]1O)Oc1ccccc1. The third-order valence-electron chi connectivity index (χ3n) is 5.31. The first kappa shape index (κ1) is 25.7. The summed E-state index contributed by atoms with van der Waals surface area (Å²) in [6.07, 6.45) is -5.21. The number of imidazole rings is 1. The van der Waals surface area contributed by atoms with E-state index in [1.165, 1.54) is 25.3 Å². The first-order chi connectivity index (χ1) is 17.1. The summed E-state index contributed by atoms with van der Waals surface area (Å²) in [7, 11) is -3.09. The van der Waals surface area contributed by atoms with E-state index in [2.05, 4.69) is 24.9 Å². The van der Waals surface area contributed by atoms with E-state index in [-0.39, 0.29) is 23.0 Å². The Kier molecular flexibility index (Phi) is 7.38. The second-order valence-corrected chi connectivity index (χ2v) is 9.55. The predicted octanol–water partition coefficient (Wildman–Crippen LogP) is 0.494. The second-order valence-electron chi connectivity index (χ2n) is 7.86. The smallest absolute Gasteiger partial charge is 0.459 e. The number of H-pyrrole nitrogens is 1. The number of fused-ring (bicyclic) bond motifs is 1. The van der Waals surface area contributed by atoms with Gasteiger partial charge in [-0.2, -0.15) is 5.09 Å². The first-order valence-electron chi connectivity index (χ1n) is 10.7. The maximum Gasteiger partial charge on any atom is 0.459 e. The number of ether oxygens (including phenoxy) is 2. The number of nitrogens with zero attached hydrogens (tertiary/aromatic N) is 3. The number of rotatable bonds is 9. The van der Waals surface area contributed by atoms with Crippen molar-refractivity contribution in [2.45, 2.75) is 37.4 Å². The fraction of sp³-hybridized carbons (Fsp3) is 0.400. The lowest BCUT2D eigenvalue weighted by Crippen LogP contribution is -2.36. The number of benzene rings is 1. The summed E-state index contributed by atoms with van der Waals surface area (Å²) < 4.78 is 50.7. The van der Waals surface area contributed by atoms with Crippen molar-refractivity contribution in [2.24, 2.45) is 0 Å². The minimum absolute atomic E-state index is 0.0259. The topological polar surface area (TPSA) is 192 Å². The highest BCUT2D eigenvalue weighted by atomic mass is 31.2. The number of hydrogen-bond acceptors (Lipinski definition) is 11. The maximum atomic E-state index is 15.1. The fourth-order valence-electron chi connectivity index (χ4n) is 3.56. The molecule has 6 atom stereocenters. The lowest BCUT2D eigenvalue weighted by Gasteiger charge is -2.24. The number of para-hydroxylation sites is 1. The van der Waals surface area contributed by atoms with Crippen LogP contribution in [0.25, 0.3) is 5.65 Å². The van der Waals surface area contributed by atoms with E-state index in [0.717, 1.165) is 11.6 Å². The maximum absolute atomic E-state index is 15.1. The normalized spacial score (nSPS) is 24.3. The summed E-state index contributed by atoms with van der Waals surface area (Å²) in [4.78, 5) is 30.0. The molecule has 0 amide bonds. The van der Waals surface area contributed by atoms with E-state index in [1.54, 1.807) is 18.2 Å². The molecule has 1 aliphatic heterocycles. The number of nitrogens with one attached hydrogen (secondary N) is 2. The van der Waals surface area contributed by atoms with Gasteiger partial charge in [0.05, 0.1) is 25.6 Å². The molecule has 0 saturated carbocycles. The van der Waals surface area contributed by atoms with Gasteiger partial charge in [0.1, 0.15) is 30.1 Å². The van der Waals surface area contributed by atoms with Gasteiger partial charge in [0.15, 0.2) is 6.17 Å². The number of alkyl halides is 1. The zero-order valence-electron chi connectivity index (χ0n) is 19.1. The zero-order valence-corrected chi connectivity index (χ0v) is 20.0. The number of nitrogens with two attached hydrogens (primary N) is 1. The summed E-state index contributed by atoms with van der Waals surface area (Å²) in [5, 5.41) is 16.8. The average Bonchev–Trinajstić information content (AvgIpc) is 3.38. The van der Waals surface area contributed by atoms with E-state index in [9.17, 15) is 19.3 Å². The molecule has 1 aromatic carbocycles. The Hall–Kier alpha value is -3.36. The van der Waals surface area contributed by atoms with Crippen molar-refractivity contribution in [3.05, 3.63) is 52.6 Å². The lowest BCUT2D eigenvalue weighted by molar-refractivity contribution is -0.142. The van der Waals surface area contributed by atoms with E-state index in [4.69, 9.17) is 19.5 Å². The standard InChI is InChI=1S/C20H24FN6O8P/c1-10(19(30)32-2)26-36(31,35-11-6-4-3-5-7-11)33-9-13-15(28)14(21)16(34-13)12-8-23-17-18(29)24-20(22)25-27(12)17/h3-8,10,13-16,28H,9H2,1-2H3,(H,26,31)(H3,22,24,25,29)/t10-,13+,14+,15+,16-,36?/m0/s1. The first-order valence-corrected chi connectivity index (χ1v) is 12.2. The molecule has 3 heterocycles. The Balaban J connectivity index is 1.53. The second kappa shape index (κ2) is 10.3. The molecule has 1 fully saturated rings. The Morgan fingerprint density at radius 1 is 1.42 bits per heavy atom.